The van der Waals surface area contributed by atoms with Crippen molar-refractivity contribution in [1.82, 2.24) is 9.88 Å². The predicted octanol–water partition coefficient (Wildman–Crippen LogP) is 2.66. The summed E-state index contributed by atoms with van der Waals surface area (Å²) in [6, 6.07) is 11.1. The van der Waals surface area contributed by atoms with Gasteiger partial charge in [0.1, 0.15) is 12.7 Å². The number of ether oxygens (including phenoxy) is 3. The third kappa shape index (κ3) is 3.42. The molecule has 2 aliphatic rings. The molecule has 2 aliphatic heterocycles. The zero-order valence-corrected chi connectivity index (χ0v) is 15.0. The van der Waals surface area contributed by atoms with Gasteiger partial charge in [-0.3, -0.25) is 4.79 Å². The molecule has 2 unspecified atom stereocenters. The summed E-state index contributed by atoms with van der Waals surface area (Å²) in [4.78, 5) is 18.7. The average molecular weight is 405 g/mol. The van der Waals surface area contributed by atoms with Crippen molar-refractivity contribution in [2.24, 2.45) is 0 Å². The molecule has 0 bridgehead atoms. The highest BCUT2D eigenvalue weighted by Gasteiger charge is 2.35. The van der Waals surface area contributed by atoms with Crippen molar-refractivity contribution in [3.63, 3.8) is 0 Å². The summed E-state index contributed by atoms with van der Waals surface area (Å²) in [6.07, 6.45) is 1.75. The van der Waals surface area contributed by atoms with Gasteiger partial charge >= 0.3 is 0 Å². The first-order valence-corrected chi connectivity index (χ1v) is 8.94. The van der Waals surface area contributed by atoms with Gasteiger partial charge in [-0.15, -0.1) is 0 Å². The molecule has 1 aromatic heterocycles. The molecule has 130 valence electrons. The Balaban J connectivity index is 1.37. The molecule has 1 saturated heterocycles. The minimum atomic E-state index is -0.616. The van der Waals surface area contributed by atoms with E-state index in [-0.39, 0.29) is 18.6 Å². The van der Waals surface area contributed by atoms with Crippen molar-refractivity contribution < 1.29 is 19.0 Å². The lowest BCUT2D eigenvalue weighted by Gasteiger charge is -2.28. The number of para-hydroxylation sites is 2. The Kier molecular flexibility index (Phi) is 4.48. The van der Waals surface area contributed by atoms with Crippen LogP contribution in [-0.4, -0.2) is 47.7 Å². The minimum absolute atomic E-state index is 0.0688. The van der Waals surface area contributed by atoms with E-state index in [1.165, 1.54) is 0 Å². The summed E-state index contributed by atoms with van der Waals surface area (Å²) < 4.78 is 18.1. The van der Waals surface area contributed by atoms with E-state index in [1.54, 1.807) is 11.1 Å². The molecule has 0 saturated carbocycles. The van der Waals surface area contributed by atoms with E-state index in [4.69, 9.17) is 14.2 Å². The number of likely N-dealkylation sites (tertiary alicyclic amines) is 1. The summed E-state index contributed by atoms with van der Waals surface area (Å²) in [5.74, 6) is 1.76. The van der Waals surface area contributed by atoms with Gasteiger partial charge in [0.05, 0.1) is 11.0 Å². The molecular formula is C18H17BrN2O4. The molecule has 3 heterocycles. The average Bonchev–Trinajstić information content (AvgIpc) is 3.11. The molecule has 2 aromatic rings. The number of benzene rings is 1. The van der Waals surface area contributed by atoms with Crippen molar-refractivity contribution >= 4 is 21.8 Å². The Morgan fingerprint density at radius 1 is 1.24 bits per heavy atom. The fourth-order valence-corrected chi connectivity index (χ4v) is 3.33. The number of amides is 1. The Morgan fingerprint density at radius 3 is 2.92 bits per heavy atom. The first-order chi connectivity index (χ1) is 12.2. The number of rotatable bonds is 3. The van der Waals surface area contributed by atoms with Crippen LogP contribution in [0.15, 0.2) is 47.1 Å². The molecule has 0 radical (unpaired) electrons. The standard InChI is InChI=1S/C18H17BrN2O4/c19-13-4-3-8-20-17(13)24-12-7-9-21(10-12)18(22)16-11-23-14-5-1-2-6-15(14)25-16/h1-6,8,12,16H,7,9-11H2. The van der Waals surface area contributed by atoms with Gasteiger partial charge in [-0.25, -0.2) is 4.98 Å². The van der Waals surface area contributed by atoms with E-state index in [1.807, 2.05) is 36.4 Å². The van der Waals surface area contributed by atoms with Gasteiger partial charge in [0, 0.05) is 19.2 Å². The van der Waals surface area contributed by atoms with Crippen molar-refractivity contribution in [2.45, 2.75) is 18.6 Å². The first-order valence-electron chi connectivity index (χ1n) is 8.15. The topological polar surface area (TPSA) is 60.9 Å². The Hall–Kier alpha value is -2.28. The summed E-state index contributed by atoms with van der Waals surface area (Å²) in [7, 11) is 0. The van der Waals surface area contributed by atoms with Crippen LogP contribution in [0, 0.1) is 0 Å². The third-order valence-corrected chi connectivity index (χ3v) is 4.85. The molecular weight excluding hydrogens is 388 g/mol. The van der Waals surface area contributed by atoms with E-state index in [0.717, 1.165) is 10.9 Å². The predicted molar refractivity (Wildman–Crippen MR) is 93.9 cm³/mol. The molecule has 7 heteroatoms. The number of aromatic nitrogens is 1. The van der Waals surface area contributed by atoms with Gasteiger partial charge in [0.15, 0.2) is 11.5 Å². The number of halogens is 1. The van der Waals surface area contributed by atoms with Crippen LogP contribution < -0.4 is 14.2 Å². The molecule has 0 aliphatic carbocycles. The monoisotopic (exact) mass is 404 g/mol. The summed E-state index contributed by atoms with van der Waals surface area (Å²) in [6.45, 7) is 1.38. The van der Waals surface area contributed by atoms with E-state index in [2.05, 4.69) is 20.9 Å². The largest absolute Gasteiger partial charge is 0.485 e. The highest BCUT2D eigenvalue weighted by Crippen LogP contribution is 2.32. The third-order valence-electron chi connectivity index (χ3n) is 4.24. The zero-order valence-electron chi connectivity index (χ0n) is 13.4. The maximum atomic E-state index is 12.7. The molecule has 4 rings (SSSR count). The summed E-state index contributed by atoms with van der Waals surface area (Å²) >= 11 is 3.42. The Morgan fingerprint density at radius 2 is 2.08 bits per heavy atom. The van der Waals surface area contributed by atoms with Crippen LogP contribution in [0.25, 0.3) is 0 Å². The highest BCUT2D eigenvalue weighted by molar-refractivity contribution is 9.10. The second kappa shape index (κ2) is 6.92. The van der Waals surface area contributed by atoms with Crippen LogP contribution in [0.4, 0.5) is 0 Å². The van der Waals surface area contributed by atoms with Crippen molar-refractivity contribution in [3.8, 4) is 17.4 Å². The van der Waals surface area contributed by atoms with Gasteiger partial charge in [0.25, 0.3) is 5.91 Å². The highest BCUT2D eigenvalue weighted by atomic mass is 79.9. The maximum absolute atomic E-state index is 12.7. The normalized spacial score (nSPS) is 21.9. The summed E-state index contributed by atoms with van der Waals surface area (Å²) in [5.41, 5.74) is 0. The number of hydrogen-bond acceptors (Lipinski definition) is 5. The Bertz CT molecular complexity index is 785. The summed E-state index contributed by atoms with van der Waals surface area (Å²) in [5, 5.41) is 0. The Labute approximate surface area is 153 Å². The number of hydrogen-bond donors (Lipinski definition) is 0. The fourth-order valence-electron chi connectivity index (χ4n) is 2.99. The fraction of sp³-hybridized carbons (Fsp3) is 0.333. The first kappa shape index (κ1) is 16.2. The minimum Gasteiger partial charge on any atom is -0.485 e. The van der Waals surface area contributed by atoms with Crippen LogP contribution in [0.3, 0.4) is 0 Å². The SMILES string of the molecule is O=C(C1COc2ccccc2O1)N1CCC(Oc2ncccc2Br)C1. The number of nitrogens with zero attached hydrogens (tertiary/aromatic N) is 2. The lowest BCUT2D eigenvalue weighted by Crippen LogP contribution is -2.46. The lowest BCUT2D eigenvalue weighted by molar-refractivity contribution is -0.140. The molecule has 1 fully saturated rings. The van der Waals surface area contributed by atoms with E-state index < -0.39 is 6.10 Å². The molecule has 0 N–H and O–H groups in total. The lowest BCUT2D eigenvalue weighted by atomic mass is 10.2. The maximum Gasteiger partial charge on any atom is 0.267 e. The van der Waals surface area contributed by atoms with Gasteiger partial charge in [-0.2, -0.15) is 0 Å². The van der Waals surface area contributed by atoms with Gasteiger partial charge in [0.2, 0.25) is 12.0 Å². The van der Waals surface area contributed by atoms with Crippen LogP contribution >= 0.6 is 15.9 Å². The van der Waals surface area contributed by atoms with Crippen LogP contribution in [-0.2, 0) is 4.79 Å². The number of carbonyl (C=O) groups excluding carboxylic acids is 1. The van der Waals surface area contributed by atoms with Crippen molar-refractivity contribution in [3.05, 3.63) is 47.1 Å². The quantitative estimate of drug-likeness (QED) is 0.786. The van der Waals surface area contributed by atoms with E-state index in [9.17, 15) is 4.79 Å². The zero-order chi connectivity index (χ0) is 17.2. The van der Waals surface area contributed by atoms with Crippen molar-refractivity contribution in [2.75, 3.05) is 19.7 Å². The van der Waals surface area contributed by atoms with E-state index in [0.29, 0.717) is 30.5 Å². The van der Waals surface area contributed by atoms with Gasteiger partial charge in [-0.1, -0.05) is 12.1 Å². The van der Waals surface area contributed by atoms with Gasteiger partial charge in [-0.05, 0) is 40.2 Å². The number of pyridine rings is 1. The molecule has 25 heavy (non-hydrogen) atoms. The molecule has 0 spiro atoms. The van der Waals surface area contributed by atoms with Crippen LogP contribution in [0.2, 0.25) is 0 Å². The second-order valence-corrected chi connectivity index (χ2v) is 6.82. The van der Waals surface area contributed by atoms with E-state index >= 15 is 0 Å². The van der Waals surface area contributed by atoms with Crippen LogP contribution in [0.1, 0.15) is 6.42 Å². The smallest absolute Gasteiger partial charge is 0.267 e. The number of carbonyl (C=O) groups is 1. The van der Waals surface area contributed by atoms with Crippen molar-refractivity contribution in [1.29, 1.82) is 0 Å². The van der Waals surface area contributed by atoms with Crippen LogP contribution in [0.5, 0.6) is 17.4 Å². The molecule has 6 nitrogen and oxygen atoms in total. The number of fused-ring (bicyclic) bond motifs is 1. The second-order valence-electron chi connectivity index (χ2n) is 5.97. The van der Waals surface area contributed by atoms with Gasteiger partial charge < -0.3 is 19.1 Å². The molecule has 1 amide bonds. The molecule has 1 aromatic carbocycles. The molecule has 2 atom stereocenters.